The fourth-order valence-corrected chi connectivity index (χ4v) is 2.85. The highest BCUT2D eigenvalue weighted by Gasteiger charge is 2.18. The first-order chi connectivity index (χ1) is 9.16. The van der Waals surface area contributed by atoms with E-state index in [-0.39, 0.29) is 0 Å². The normalized spacial score (nSPS) is 20.9. The molecule has 0 N–H and O–H groups in total. The van der Waals surface area contributed by atoms with Crippen molar-refractivity contribution in [3.63, 3.8) is 0 Å². The van der Waals surface area contributed by atoms with Gasteiger partial charge in [0.05, 0.1) is 0 Å². The molecule has 0 spiro atoms. The van der Waals surface area contributed by atoms with Crippen molar-refractivity contribution in [3.05, 3.63) is 29.0 Å². The molecular formula is C15H24ClN3. The number of piperidine rings is 1. The second-order valence-electron chi connectivity index (χ2n) is 5.59. The Balaban J connectivity index is 1.78. The summed E-state index contributed by atoms with van der Waals surface area (Å²) in [5, 5.41) is 0.813. The van der Waals surface area contributed by atoms with Crippen molar-refractivity contribution in [2.45, 2.75) is 38.8 Å². The molecule has 1 aliphatic rings. The maximum Gasteiger partial charge on any atom is 0.0481 e. The predicted octanol–water partition coefficient (Wildman–Crippen LogP) is 3.04. The molecule has 1 aliphatic heterocycles. The van der Waals surface area contributed by atoms with Gasteiger partial charge in [-0.2, -0.15) is 0 Å². The average Bonchev–Trinajstić information content (AvgIpc) is 2.40. The van der Waals surface area contributed by atoms with Crippen LogP contribution in [0.4, 0.5) is 0 Å². The second-order valence-corrected chi connectivity index (χ2v) is 5.99. The van der Waals surface area contributed by atoms with Gasteiger partial charge >= 0.3 is 0 Å². The van der Waals surface area contributed by atoms with E-state index in [1.807, 2.05) is 12.3 Å². The summed E-state index contributed by atoms with van der Waals surface area (Å²) >= 11 is 6.16. The van der Waals surface area contributed by atoms with Crippen LogP contribution in [0.25, 0.3) is 0 Å². The molecule has 2 rings (SSSR count). The Kier molecular flexibility index (Phi) is 5.61. The van der Waals surface area contributed by atoms with Crippen LogP contribution in [0.2, 0.25) is 5.02 Å². The van der Waals surface area contributed by atoms with Crippen LogP contribution in [-0.4, -0.2) is 47.5 Å². The van der Waals surface area contributed by atoms with Crippen molar-refractivity contribution in [3.8, 4) is 0 Å². The van der Waals surface area contributed by atoms with Crippen molar-refractivity contribution < 1.29 is 0 Å². The van der Waals surface area contributed by atoms with E-state index in [4.69, 9.17) is 11.6 Å². The van der Waals surface area contributed by atoms with Crippen molar-refractivity contribution >= 4 is 11.6 Å². The fraction of sp³-hybridized carbons (Fsp3) is 0.667. The van der Waals surface area contributed by atoms with Crippen LogP contribution in [0, 0.1) is 0 Å². The molecule has 0 aromatic carbocycles. The Morgan fingerprint density at radius 1 is 1.47 bits per heavy atom. The zero-order chi connectivity index (χ0) is 13.7. The predicted molar refractivity (Wildman–Crippen MR) is 80.5 cm³/mol. The SMILES string of the molecule is CC1CCCCN1CCN(C)Cc1cnccc1Cl. The van der Waals surface area contributed by atoms with Crippen molar-refractivity contribution in [1.82, 2.24) is 14.8 Å². The number of likely N-dealkylation sites (N-methyl/N-ethyl adjacent to an activating group) is 1. The average molecular weight is 282 g/mol. The largest absolute Gasteiger partial charge is 0.301 e. The lowest BCUT2D eigenvalue weighted by Crippen LogP contribution is -2.41. The third-order valence-electron chi connectivity index (χ3n) is 3.99. The molecule has 106 valence electrons. The second kappa shape index (κ2) is 7.22. The smallest absolute Gasteiger partial charge is 0.0481 e. The molecule has 3 nitrogen and oxygen atoms in total. The number of halogens is 1. The molecule has 0 saturated carbocycles. The molecule has 2 heterocycles. The minimum absolute atomic E-state index is 0.740. The van der Waals surface area contributed by atoms with E-state index >= 15 is 0 Å². The minimum atomic E-state index is 0.740. The van der Waals surface area contributed by atoms with Crippen LogP contribution in [0.1, 0.15) is 31.7 Å². The molecular weight excluding hydrogens is 258 g/mol. The van der Waals surface area contributed by atoms with E-state index < -0.39 is 0 Å². The molecule has 0 amide bonds. The van der Waals surface area contributed by atoms with Crippen LogP contribution in [0.3, 0.4) is 0 Å². The molecule has 1 saturated heterocycles. The molecule has 1 aromatic heterocycles. The Morgan fingerprint density at radius 2 is 2.32 bits per heavy atom. The molecule has 1 atom stereocenters. The summed E-state index contributed by atoms with van der Waals surface area (Å²) in [5.74, 6) is 0. The van der Waals surface area contributed by atoms with E-state index in [0.29, 0.717) is 0 Å². The molecule has 1 fully saturated rings. The number of nitrogens with zero attached hydrogens (tertiary/aromatic N) is 3. The van der Waals surface area contributed by atoms with E-state index in [1.54, 1.807) is 6.20 Å². The van der Waals surface area contributed by atoms with Gasteiger partial charge in [-0.3, -0.25) is 9.88 Å². The van der Waals surface area contributed by atoms with Crippen molar-refractivity contribution in [1.29, 1.82) is 0 Å². The van der Waals surface area contributed by atoms with E-state index in [0.717, 1.165) is 36.3 Å². The molecule has 0 bridgehead atoms. The summed E-state index contributed by atoms with van der Waals surface area (Å²) in [7, 11) is 2.15. The molecule has 19 heavy (non-hydrogen) atoms. The van der Waals surface area contributed by atoms with E-state index in [2.05, 4.69) is 28.8 Å². The first-order valence-corrected chi connectivity index (χ1v) is 7.55. The Bertz CT molecular complexity index is 397. The summed E-state index contributed by atoms with van der Waals surface area (Å²) in [5.41, 5.74) is 1.11. The van der Waals surface area contributed by atoms with Crippen LogP contribution in [-0.2, 0) is 6.54 Å². The van der Waals surface area contributed by atoms with Gasteiger partial charge in [-0.05, 0) is 39.4 Å². The molecule has 1 unspecified atom stereocenters. The topological polar surface area (TPSA) is 19.4 Å². The lowest BCUT2D eigenvalue weighted by atomic mass is 10.0. The number of rotatable bonds is 5. The number of hydrogen-bond donors (Lipinski definition) is 0. The van der Waals surface area contributed by atoms with Crippen LogP contribution < -0.4 is 0 Å². The fourth-order valence-electron chi connectivity index (χ4n) is 2.69. The Hall–Kier alpha value is -0.640. The van der Waals surface area contributed by atoms with Gasteiger partial charge < -0.3 is 4.90 Å². The first kappa shape index (κ1) is 14.8. The standard InChI is InChI=1S/C15H24ClN3/c1-13-5-3-4-8-19(13)10-9-18(2)12-14-11-17-7-6-15(14)16/h6-7,11,13H,3-5,8-10,12H2,1-2H3. The van der Waals surface area contributed by atoms with Gasteiger partial charge in [0.25, 0.3) is 0 Å². The van der Waals surface area contributed by atoms with Gasteiger partial charge in [0.15, 0.2) is 0 Å². The zero-order valence-electron chi connectivity index (χ0n) is 12.0. The highest BCUT2D eigenvalue weighted by molar-refractivity contribution is 6.31. The Labute approximate surface area is 121 Å². The van der Waals surface area contributed by atoms with Crippen LogP contribution in [0.5, 0.6) is 0 Å². The Morgan fingerprint density at radius 3 is 3.05 bits per heavy atom. The summed E-state index contributed by atoms with van der Waals surface area (Å²) in [6.07, 6.45) is 7.68. The summed E-state index contributed by atoms with van der Waals surface area (Å²) in [4.78, 5) is 9.06. The van der Waals surface area contributed by atoms with Gasteiger partial charge in [0.2, 0.25) is 0 Å². The maximum atomic E-state index is 6.16. The summed E-state index contributed by atoms with van der Waals surface area (Å²) in [6.45, 7) is 6.69. The quantitative estimate of drug-likeness (QED) is 0.827. The van der Waals surface area contributed by atoms with Gasteiger partial charge in [-0.25, -0.2) is 0 Å². The van der Waals surface area contributed by atoms with Crippen molar-refractivity contribution in [2.24, 2.45) is 0 Å². The summed E-state index contributed by atoms with van der Waals surface area (Å²) in [6, 6.07) is 2.60. The highest BCUT2D eigenvalue weighted by Crippen LogP contribution is 2.17. The van der Waals surface area contributed by atoms with E-state index in [1.165, 1.54) is 25.8 Å². The molecule has 0 radical (unpaired) electrons. The minimum Gasteiger partial charge on any atom is -0.301 e. The summed E-state index contributed by atoms with van der Waals surface area (Å²) < 4.78 is 0. The zero-order valence-corrected chi connectivity index (χ0v) is 12.7. The molecule has 4 heteroatoms. The number of pyridine rings is 1. The molecule has 1 aromatic rings. The number of hydrogen-bond acceptors (Lipinski definition) is 3. The monoisotopic (exact) mass is 281 g/mol. The number of aromatic nitrogens is 1. The van der Waals surface area contributed by atoms with Gasteiger partial charge in [-0.15, -0.1) is 0 Å². The third-order valence-corrected chi connectivity index (χ3v) is 4.36. The van der Waals surface area contributed by atoms with Gasteiger partial charge in [0, 0.05) is 48.7 Å². The first-order valence-electron chi connectivity index (χ1n) is 7.18. The number of likely N-dealkylation sites (tertiary alicyclic amines) is 1. The maximum absolute atomic E-state index is 6.16. The highest BCUT2D eigenvalue weighted by atomic mass is 35.5. The third kappa shape index (κ3) is 4.44. The van der Waals surface area contributed by atoms with E-state index in [9.17, 15) is 0 Å². The van der Waals surface area contributed by atoms with Crippen molar-refractivity contribution in [2.75, 3.05) is 26.7 Å². The van der Waals surface area contributed by atoms with Crippen LogP contribution >= 0.6 is 11.6 Å². The van der Waals surface area contributed by atoms with Gasteiger partial charge in [0.1, 0.15) is 0 Å². The van der Waals surface area contributed by atoms with Gasteiger partial charge in [-0.1, -0.05) is 18.0 Å². The molecule has 0 aliphatic carbocycles. The van der Waals surface area contributed by atoms with Crippen LogP contribution in [0.15, 0.2) is 18.5 Å². The lowest BCUT2D eigenvalue weighted by Gasteiger charge is -2.34. The lowest BCUT2D eigenvalue weighted by molar-refractivity contribution is 0.141.